The zero-order valence-corrected chi connectivity index (χ0v) is 18.2. The Bertz CT molecular complexity index is 1190. The summed E-state index contributed by atoms with van der Waals surface area (Å²) in [5.74, 6) is 0. The van der Waals surface area contributed by atoms with Crippen molar-refractivity contribution in [2.45, 2.75) is 23.8 Å². The summed E-state index contributed by atoms with van der Waals surface area (Å²) < 4.78 is 32.0. The van der Waals surface area contributed by atoms with Crippen LogP contribution in [0.4, 0.5) is 10.5 Å². The SMILES string of the molecule is CNS(=O)(=O)c1ccc(-c2cccc(N3CCC(C)(c4ccccc4)OC3=O)c2)cc1. The Morgan fingerprint density at radius 2 is 1.65 bits per heavy atom. The highest BCUT2D eigenvalue weighted by atomic mass is 32.2. The van der Waals surface area contributed by atoms with Crippen molar-refractivity contribution in [2.75, 3.05) is 18.5 Å². The molecule has 1 aliphatic heterocycles. The lowest BCUT2D eigenvalue weighted by Gasteiger charge is -2.39. The molecule has 31 heavy (non-hydrogen) atoms. The first kappa shape index (κ1) is 21.1. The summed E-state index contributed by atoms with van der Waals surface area (Å²) in [4.78, 5) is 14.7. The minimum Gasteiger partial charge on any atom is -0.438 e. The van der Waals surface area contributed by atoms with Gasteiger partial charge in [0.2, 0.25) is 10.0 Å². The number of nitrogens with zero attached hydrogens (tertiary/aromatic N) is 1. The van der Waals surface area contributed by atoms with Gasteiger partial charge in [0.05, 0.1) is 4.90 Å². The van der Waals surface area contributed by atoms with Crippen molar-refractivity contribution in [3.8, 4) is 11.1 Å². The van der Waals surface area contributed by atoms with Gasteiger partial charge < -0.3 is 4.74 Å². The Morgan fingerprint density at radius 1 is 0.935 bits per heavy atom. The van der Waals surface area contributed by atoms with Gasteiger partial charge >= 0.3 is 6.09 Å². The van der Waals surface area contributed by atoms with Crippen molar-refractivity contribution < 1.29 is 17.9 Å². The summed E-state index contributed by atoms with van der Waals surface area (Å²) in [5, 5.41) is 0. The van der Waals surface area contributed by atoms with E-state index < -0.39 is 15.6 Å². The van der Waals surface area contributed by atoms with Gasteiger partial charge in [0, 0.05) is 18.7 Å². The molecule has 160 valence electrons. The van der Waals surface area contributed by atoms with Gasteiger partial charge in [0.15, 0.2) is 0 Å². The number of benzene rings is 3. The molecule has 0 radical (unpaired) electrons. The molecule has 3 aromatic rings. The zero-order chi connectivity index (χ0) is 22.1. The molecule has 1 unspecified atom stereocenters. The van der Waals surface area contributed by atoms with Crippen LogP contribution in [0.1, 0.15) is 18.9 Å². The average Bonchev–Trinajstić information content (AvgIpc) is 2.80. The second kappa shape index (κ2) is 8.17. The van der Waals surface area contributed by atoms with Crippen molar-refractivity contribution in [3.05, 3.63) is 84.4 Å². The van der Waals surface area contributed by atoms with Crippen LogP contribution >= 0.6 is 0 Å². The molecule has 0 aromatic heterocycles. The van der Waals surface area contributed by atoms with Crippen molar-refractivity contribution >= 4 is 21.8 Å². The Morgan fingerprint density at radius 3 is 2.29 bits per heavy atom. The number of carbonyl (C=O) groups excluding carboxylic acids is 1. The molecule has 1 fully saturated rings. The standard InChI is InChI=1S/C24H24N2O4S/c1-24(20-8-4-3-5-9-20)15-16-26(23(27)30-24)21-10-6-7-19(17-21)18-11-13-22(14-12-18)31(28,29)25-2/h3-14,17,25H,15-16H2,1-2H3. The van der Waals surface area contributed by atoms with Gasteiger partial charge in [-0.3, -0.25) is 4.90 Å². The fourth-order valence-electron chi connectivity index (χ4n) is 3.74. The third-order valence-corrected chi connectivity index (χ3v) is 7.08. The lowest BCUT2D eigenvalue weighted by molar-refractivity contribution is 0.00582. The van der Waals surface area contributed by atoms with Crippen LogP contribution < -0.4 is 9.62 Å². The number of hydrogen-bond acceptors (Lipinski definition) is 4. The van der Waals surface area contributed by atoms with Crippen LogP contribution in [-0.2, 0) is 20.4 Å². The molecule has 4 rings (SSSR count). The molecule has 1 N–H and O–H groups in total. The van der Waals surface area contributed by atoms with Crippen LogP contribution in [0.5, 0.6) is 0 Å². The van der Waals surface area contributed by atoms with Crippen LogP contribution in [0.2, 0.25) is 0 Å². The molecule has 0 spiro atoms. The molecule has 0 saturated carbocycles. The number of ether oxygens (including phenoxy) is 1. The lowest BCUT2D eigenvalue weighted by atomic mass is 9.91. The Labute approximate surface area is 182 Å². The third kappa shape index (κ3) is 4.19. The van der Waals surface area contributed by atoms with E-state index in [9.17, 15) is 13.2 Å². The third-order valence-electron chi connectivity index (χ3n) is 5.65. The fraction of sp³-hybridized carbons (Fsp3) is 0.208. The molecule has 1 aliphatic rings. The number of anilines is 1. The van der Waals surface area contributed by atoms with E-state index in [0.717, 1.165) is 22.4 Å². The number of carbonyl (C=O) groups is 1. The van der Waals surface area contributed by atoms with Crippen LogP contribution in [0, 0.1) is 0 Å². The second-order valence-corrected chi connectivity index (χ2v) is 9.54. The van der Waals surface area contributed by atoms with E-state index >= 15 is 0 Å². The van der Waals surface area contributed by atoms with E-state index in [-0.39, 0.29) is 11.0 Å². The highest BCUT2D eigenvalue weighted by Gasteiger charge is 2.38. The molecule has 1 amide bonds. The maximum Gasteiger partial charge on any atom is 0.415 e. The summed E-state index contributed by atoms with van der Waals surface area (Å²) >= 11 is 0. The van der Waals surface area contributed by atoms with Crippen molar-refractivity contribution in [1.29, 1.82) is 0 Å². The van der Waals surface area contributed by atoms with E-state index in [2.05, 4.69) is 4.72 Å². The molecule has 0 bridgehead atoms. The van der Waals surface area contributed by atoms with Crippen LogP contribution in [0.25, 0.3) is 11.1 Å². The van der Waals surface area contributed by atoms with Gasteiger partial charge in [-0.15, -0.1) is 0 Å². The first-order valence-corrected chi connectivity index (χ1v) is 11.5. The van der Waals surface area contributed by atoms with Gasteiger partial charge in [-0.1, -0.05) is 54.6 Å². The number of rotatable bonds is 5. The summed E-state index contributed by atoms with van der Waals surface area (Å²) in [6.07, 6.45) is 0.286. The van der Waals surface area contributed by atoms with E-state index in [1.807, 2.05) is 61.5 Å². The molecular formula is C24H24N2O4S. The Hall–Kier alpha value is -3.16. The molecule has 1 saturated heterocycles. The molecular weight excluding hydrogens is 412 g/mol. The molecule has 1 heterocycles. The molecule has 6 nitrogen and oxygen atoms in total. The van der Waals surface area contributed by atoms with Gasteiger partial charge in [-0.25, -0.2) is 17.9 Å². The summed E-state index contributed by atoms with van der Waals surface area (Å²) in [5.41, 5.74) is 2.81. The van der Waals surface area contributed by atoms with E-state index in [1.165, 1.54) is 7.05 Å². The van der Waals surface area contributed by atoms with Crippen LogP contribution in [-0.4, -0.2) is 28.1 Å². The lowest BCUT2D eigenvalue weighted by Crippen LogP contribution is -2.46. The topological polar surface area (TPSA) is 75.7 Å². The Balaban J connectivity index is 1.56. The molecule has 1 atom stereocenters. The van der Waals surface area contributed by atoms with Crippen molar-refractivity contribution in [2.24, 2.45) is 0 Å². The smallest absolute Gasteiger partial charge is 0.415 e. The maximum absolute atomic E-state index is 12.8. The van der Waals surface area contributed by atoms with E-state index in [4.69, 9.17) is 4.74 Å². The number of cyclic esters (lactones) is 1. The minimum atomic E-state index is -3.48. The van der Waals surface area contributed by atoms with Gasteiger partial charge in [0.25, 0.3) is 0 Å². The average molecular weight is 437 g/mol. The van der Waals surface area contributed by atoms with E-state index in [0.29, 0.717) is 13.0 Å². The highest BCUT2D eigenvalue weighted by molar-refractivity contribution is 7.89. The highest BCUT2D eigenvalue weighted by Crippen LogP contribution is 2.36. The first-order valence-electron chi connectivity index (χ1n) is 10.0. The second-order valence-electron chi connectivity index (χ2n) is 7.65. The van der Waals surface area contributed by atoms with Crippen molar-refractivity contribution in [3.63, 3.8) is 0 Å². The number of nitrogens with one attached hydrogen (secondary N) is 1. The van der Waals surface area contributed by atoms with E-state index in [1.54, 1.807) is 29.2 Å². The summed E-state index contributed by atoms with van der Waals surface area (Å²) in [6, 6.07) is 24.0. The fourth-order valence-corrected chi connectivity index (χ4v) is 4.47. The quantitative estimate of drug-likeness (QED) is 0.638. The van der Waals surface area contributed by atoms with Crippen molar-refractivity contribution in [1.82, 2.24) is 4.72 Å². The minimum absolute atomic E-state index is 0.203. The normalized spacial score (nSPS) is 19.2. The predicted molar refractivity (Wildman–Crippen MR) is 120 cm³/mol. The molecule has 7 heteroatoms. The predicted octanol–water partition coefficient (Wildman–Crippen LogP) is 4.52. The Kier molecular flexibility index (Phi) is 5.56. The largest absolute Gasteiger partial charge is 0.438 e. The first-order chi connectivity index (χ1) is 14.8. The summed E-state index contributed by atoms with van der Waals surface area (Å²) in [7, 11) is -2.10. The van der Waals surface area contributed by atoms with Gasteiger partial charge in [0.1, 0.15) is 5.60 Å². The maximum atomic E-state index is 12.8. The molecule has 0 aliphatic carbocycles. The number of amides is 1. The summed E-state index contributed by atoms with van der Waals surface area (Å²) in [6.45, 7) is 2.47. The van der Waals surface area contributed by atoms with Gasteiger partial charge in [-0.2, -0.15) is 0 Å². The van der Waals surface area contributed by atoms with Crippen LogP contribution in [0.3, 0.4) is 0 Å². The monoisotopic (exact) mass is 436 g/mol. The van der Waals surface area contributed by atoms with Gasteiger partial charge in [-0.05, 0) is 54.9 Å². The number of hydrogen-bond donors (Lipinski definition) is 1. The molecule has 3 aromatic carbocycles. The van der Waals surface area contributed by atoms with Crippen LogP contribution in [0.15, 0.2) is 83.8 Å². The zero-order valence-electron chi connectivity index (χ0n) is 17.4. The number of sulfonamides is 1.